The molecule has 9 nitrogen and oxygen atoms in total. The Labute approximate surface area is 200 Å². The molecule has 10 heteroatoms. The second kappa shape index (κ2) is 14.1. The van der Waals surface area contributed by atoms with E-state index in [0.717, 1.165) is 42.3 Å². The first-order valence-electron chi connectivity index (χ1n) is 10.2. The molecule has 2 N–H and O–H groups in total. The van der Waals surface area contributed by atoms with Crippen molar-refractivity contribution in [3.63, 3.8) is 0 Å². The molecule has 1 aromatic heterocycles. The van der Waals surface area contributed by atoms with E-state index in [9.17, 15) is 0 Å². The molecule has 0 amide bonds. The molecule has 0 radical (unpaired) electrons. The number of ether oxygens (including phenoxy) is 4. The van der Waals surface area contributed by atoms with Crippen molar-refractivity contribution < 1.29 is 18.9 Å². The fourth-order valence-electron chi connectivity index (χ4n) is 2.86. The zero-order valence-electron chi connectivity index (χ0n) is 18.1. The Bertz CT molecular complexity index is 815. The van der Waals surface area contributed by atoms with Crippen LogP contribution in [-0.4, -0.2) is 62.4 Å². The van der Waals surface area contributed by atoms with Gasteiger partial charge in [0.25, 0.3) is 0 Å². The number of rotatable bonds is 10. The number of hydrogen-bond donors (Lipinski definition) is 2. The van der Waals surface area contributed by atoms with Gasteiger partial charge in [0.15, 0.2) is 17.5 Å². The minimum atomic E-state index is 0. The van der Waals surface area contributed by atoms with E-state index in [0.29, 0.717) is 45.5 Å². The number of aliphatic imine (C=N–C) groups is 1. The van der Waals surface area contributed by atoms with Crippen LogP contribution in [0, 0.1) is 0 Å². The number of hydrogen-bond acceptors (Lipinski definition) is 6. The van der Waals surface area contributed by atoms with Gasteiger partial charge in [-0.15, -0.1) is 24.0 Å². The Kier molecular flexibility index (Phi) is 11.5. The van der Waals surface area contributed by atoms with E-state index in [1.807, 2.05) is 36.0 Å². The van der Waals surface area contributed by atoms with Gasteiger partial charge in [0.1, 0.15) is 0 Å². The van der Waals surface area contributed by atoms with E-state index >= 15 is 0 Å². The van der Waals surface area contributed by atoms with Crippen LogP contribution < -0.4 is 20.1 Å². The van der Waals surface area contributed by atoms with Crippen molar-refractivity contribution in [3.05, 3.63) is 36.2 Å². The smallest absolute Gasteiger partial charge is 0.196 e. The number of halogens is 1. The molecule has 0 saturated carbocycles. The van der Waals surface area contributed by atoms with Gasteiger partial charge < -0.3 is 29.6 Å². The molecule has 1 aromatic carbocycles. The number of aryl methyl sites for hydroxylation is 1. The maximum atomic E-state index is 5.79. The first kappa shape index (κ1) is 25.2. The van der Waals surface area contributed by atoms with Crippen molar-refractivity contribution in [1.29, 1.82) is 0 Å². The Morgan fingerprint density at radius 3 is 2.77 bits per heavy atom. The molecule has 3 rings (SSSR count). The molecule has 1 aliphatic rings. The third-order valence-electron chi connectivity index (χ3n) is 4.52. The molecule has 0 unspecified atom stereocenters. The molecule has 0 fully saturated rings. The van der Waals surface area contributed by atoms with E-state index in [-0.39, 0.29) is 24.0 Å². The number of aromatic nitrogens is 2. The molecule has 0 bridgehead atoms. The minimum Gasteiger partial charge on any atom is -0.490 e. The lowest BCUT2D eigenvalue weighted by molar-refractivity contribution is 0.0699. The molecule has 31 heavy (non-hydrogen) atoms. The fourth-order valence-corrected chi connectivity index (χ4v) is 2.86. The van der Waals surface area contributed by atoms with Crippen molar-refractivity contribution in [2.75, 3.05) is 52.0 Å². The summed E-state index contributed by atoms with van der Waals surface area (Å²) in [4.78, 5) is 4.70. The molecule has 0 atom stereocenters. The van der Waals surface area contributed by atoms with Gasteiger partial charge in [0.2, 0.25) is 0 Å². The van der Waals surface area contributed by atoms with Crippen LogP contribution in [0.25, 0.3) is 0 Å². The van der Waals surface area contributed by atoms with Gasteiger partial charge in [0, 0.05) is 51.7 Å². The van der Waals surface area contributed by atoms with Crippen LogP contribution in [0.2, 0.25) is 0 Å². The van der Waals surface area contributed by atoms with E-state index in [1.54, 1.807) is 13.3 Å². The van der Waals surface area contributed by atoms with E-state index < -0.39 is 0 Å². The highest BCUT2D eigenvalue weighted by atomic mass is 127. The molecule has 0 saturated heterocycles. The Morgan fingerprint density at radius 2 is 2.00 bits per heavy atom. The number of benzene rings is 1. The number of methoxy groups -OCH3 is 1. The van der Waals surface area contributed by atoms with Crippen LogP contribution in [0.5, 0.6) is 11.5 Å². The lowest BCUT2D eigenvalue weighted by Crippen LogP contribution is -2.32. The van der Waals surface area contributed by atoms with Crippen LogP contribution in [-0.2, 0) is 23.1 Å². The average molecular weight is 545 g/mol. The van der Waals surface area contributed by atoms with Gasteiger partial charge >= 0.3 is 0 Å². The molecular weight excluding hydrogens is 513 g/mol. The molecule has 2 aromatic rings. The summed E-state index contributed by atoms with van der Waals surface area (Å²) in [7, 11) is 3.58. The standard InChI is InChI=1S/C21H31N5O4.HI/c1-26-18(7-9-24-26)16-23-21(22-8-3-10-28-14-13-27-2)25-17-5-6-19-20(15-17)30-12-4-11-29-19;/h5-7,9,15H,3-4,8,10-14,16H2,1-2H3,(H2,22,23,25);1H. The number of anilines is 1. The summed E-state index contributed by atoms with van der Waals surface area (Å²) in [5.74, 6) is 2.20. The number of fused-ring (bicyclic) bond motifs is 1. The average Bonchev–Trinajstić information content (AvgIpc) is 3.02. The van der Waals surface area contributed by atoms with Crippen LogP contribution >= 0.6 is 24.0 Å². The fraction of sp³-hybridized carbons (Fsp3) is 0.524. The van der Waals surface area contributed by atoms with Crippen LogP contribution in [0.4, 0.5) is 5.69 Å². The molecule has 2 heterocycles. The molecule has 0 aliphatic carbocycles. The van der Waals surface area contributed by atoms with E-state index in [4.69, 9.17) is 23.9 Å². The van der Waals surface area contributed by atoms with Crippen LogP contribution in [0.15, 0.2) is 35.5 Å². The van der Waals surface area contributed by atoms with Gasteiger partial charge in [-0.3, -0.25) is 4.68 Å². The van der Waals surface area contributed by atoms with Gasteiger partial charge in [-0.2, -0.15) is 5.10 Å². The number of nitrogens with one attached hydrogen (secondary N) is 2. The van der Waals surface area contributed by atoms with Crippen molar-refractivity contribution in [3.8, 4) is 11.5 Å². The zero-order valence-corrected chi connectivity index (χ0v) is 20.5. The van der Waals surface area contributed by atoms with Crippen LogP contribution in [0.3, 0.4) is 0 Å². The number of nitrogens with zero attached hydrogens (tertiary/aromatic N) is 3. The topological polar surface area (TPSA) is 91.2 Å². The second-order valence-electron chi connectivity index (χ2n) is 6.83. The van der Waals surface area contributed by atoms with Gasteiger partial charge in [-0.1, -0.05) is 0 Å². The van der Waals surface area contributed by atoms with Gasteiger partial charge in [-0.05, 0) is 24.6 Å². The maximum absolute atomic E-state index is 5.79. The first-order valence-corrected chi connectivity index (χ1v) is 10.2. The summed E-state index contributed by atoms with van der Waals surface area (Å²) in [6, 6.07) is 7.78. The van der Waals surface area contributed by atoms with Crippen molar-refractivity contribution >= 4 is 35.6 Å². The van der Waals surface area contributed by atoms with Crippen molar-refractivity contribution in [2.24, 2.45) is 12.0 Å². The second-order valence-corrected chi connectivity index (χ2v) is 6.83. The molecule has 172 valence electrons. The summed E-state index contributed by atoms with van der Waals surface area (Å²) in [5.41, 5.74) is 1.91. The summed E-state index contributed by atoms with van der Waals surface area (Å²) < 4.78 is 23.8. The van der Waals surface area contributed by atoms with Crippen molar-refractivity contribution in [1.82, 2.24) is 15.1 Å². The summed E-state index contributed by atoms with van der Waals surface area (Å²) >= 11 is 0. The lowest BCUT2D eigenvalue weighted by Gasteiger charge is -2.15. The van der Waals surface area contributed by atoms with Gasteiger partial charge in [-0.25, -0.2) is 4.99 Å². The summed E-state index contributed by atoms with van der Waals surface area (Å²) in [6.45, 7) is 4.44. The minimum absolute atomic E-state index is 0. The first-order chi connectivity index (χ1) is 14.8. The van der Waals surface area contributed by atoms with Gasteiger partial charge in [0.05, 0.1) is 38.7 Å². The summed E-state index contributed by atoms with van der Waals surface area (Å²) in [6.07, 6.45) is 3.51. The summed E-state index contributed by atoms with van der Waals surface area (Å²) in [5, 5.41) is 10.9. The Balaban J connectivity index is 0.00000341. The van der Waals surface area contributed by atoms with Crippen LogP contribution in [0.1, 0.15) is 18.5 Å². The highest BCUT2D eigenvalue weighted by molar-refractivity contribution is 14.0. The number of guanidine groups is 1. The Morgan fingerprint density at radius 1 is 1.16 bits per heavy atom. The third-order valence-corrected chi connectivity index (χ3v) is 4.52. The van der Waals surface area contributed by atoms with Crippen molar-refractivity contribution in [2.45, 2.75) is 19.4 Å². The normalized spacial score (nSPS) is 13.3. The predicted molar refractivity (Wildman–Crippen MR) is 131 cm³/mol. The van der Waals surface area contributed by atoms with E-state index in [2.05, 4.69) is 15.7 Å². The largest absolute Gasteiger partial charge is 0.490 e. The SMILES string of the molecule is COCCOCCCNC(=NCc1ccnn1C)Nc1ccc2c(c1)OCCCO2.I. The quantitative estimate of drug-likeness (QED) is 0.205. The maximum Gasteiger partial charge on any atom is 0.196 e. The molecule has 1 aliphatic heterocycles. The highest BCUT2D eigenvalue weighted by Crippen LogP contribution is 2.32. The third kappa shape index (κ3) is 8.54. The highest BCUT2D eigenvalue weighted by Gasteiger charge is 2.11. The molecular formula is C21H32IN5O4. The van der Waals surface area contributed by atoms with E-state index in [1.165, 1.54) is 0 Å². The zero-order chi connectivity index (χ0) is 21.0. The Hall–Kier alpha value is -2.05. The lowest BCUT2D eigenvalue weighted by atomic mass is 10.2. The monoisotopic (exact) mass is 545 g/mol. The molecule has 0 spiro atoms. The predicted octanol–water partition coefficient (Wildman–Crippen LogP) is 2.81.